The van der Waals surface area contributed by atoms with E-state index in [4.69, 9.17) is 12.5 Å². The zero-order valence-corrected chi connectivity index (χ0v) is 27.2. The van der Waals surface area contributed by atoms with E-state index in [9.17, 15) is 38.9 Å². The van der Waals surface area contributed by atoms with Crippen LogP contribution in [0.4, 0.5) is 0 Å². The molecule has 15 heteroatoms. The molecule has 244 valence electrons. The zero-order valence-electron chi connectivity index (χ0n) is 24.7. The highest BCUT2D eigenvalue weighted by Crippen LogP contribution is 2.67. The first-order chi connectivity index (χ1) is 19.2. The molecular formula is C27H46O12S3. The van der Waals surface area contributed by atoms with Crippen LogP contribution in [0.5, 0.6) is 0 Å². The Morgan fingerprint density at radius 2 is 1.52 bits per heavy atom. The van der Waals surface area contributed by atoms with Gasteiger partial charge in [-0.25, -0.2) is 12.5 Å². The fourth-order valence-electron chi connectivity index (χ4n) is 9.34. The first-order valence-corrected chi connectivity index (χ1v) is 18.9. The Labute approximate surface area is 250 Å². The lowest BCUT2D eigenvalue weighted by molar-refractivity contribution is -0.0817. The maximum atomic E-state index is 11.7. The van der Waals surface area contributed by atoms with Gasteiger partial charge in [0.05, 0.1) is 6.61 Å². The molecule has 3 N–H and O–H groups in total. The lowest BCUT2D eigenvalue weighted by atomic mass is 9.46. The second-order valence-corrected chi connectivity index (χ2v) is 17.0. The van der Waals surface area contributed by atoms with Gasteiger partial charge in [-0.3, -0.25) is 13.7 Å². The van der Waals surface area contributed by atoms with Crippen molar-refractivity contribution in [2.45, 2.75) is 104 Å². The van der Waals surface area contributed by atoms with E-state index >= 15 is 0 Å². The van der Waals surface area contributed by atoms with Crippen molar-refractivity contribution in [3.05, 3.63) is 11.6 Å². The predicted octanol–water partition coefficient (Wildman–Crippen LogP) is 4.81. The van der Waals surface area contributed by atoms with Gasteiger partial charge < -0.3 is 0 Å². The second kappa shape index (κ2) is 12.3. The summed E-state index contributed by atoms with van der Waals surface area (Å²) in [5.41, 5.74) is 0.310. The van der Waals surface area contributed by atoms with Gasteiger partial charge in [0, 0.05) is 0 Å². The molecule has 0 heterocycles. The smallest absolute Gasteiger partial charge is 0.264 e. The third-order valence-electron chi connectivity index (χ3n) is 11.0. The van der Waals surface area contributed by atoms with Gasteiger partial charge in [0.15, 0.2) is 0 Å². The molecule has 4 aliphatic carbocycles. The highest BCUT2D eigenvalue weighted by atomic mass is 32.3. The third kappa shape index (κ3) is 7.76. The summed E-state index contributed by atoms with van der Waals surface area (Å²) in [4.78, 5) is 0. The Morgan fingerprint density at radius 1 is 0.881 bits per heavy atom. The Morgan fingerprint density at radius 3 is 2.12 bits per heavy atom. The molecule has 0 amide bonds. The number of hydrogen-bond donors (Lipinski definition) is 3. The van der Waals surface area contributed by atoms with Gasteiger partial charge in [-0.15, -0.1) is 0 Å². The molecule has 12 nitrogen and oxygen atoms in total. The molecule has 0 aliphatic heterocycles. The first-order valence-electron chi connectivity index (χ1n) is 14.8. The summed E-state index contributed by atoms with van der Waals surface area (Å²) >= 11 is 0. The van der Waals surface area contributed by atoms with Crippen LogP contribution >= 0.6 is 0 Å². The van der Waals surface area contributed by atoms with Gasteiger partial charge in [-0.1, -0.05) is 52.2 Å². The van der Waals surface area contributed by atoms with Gasteiger partial charge in [0.2, 0.25) is 0 Å². The molecule has 4 rings (SSSR count). The minimum Gasteiger partial charge on any atom is -0.264 e. The maximum Gasteiger partial charge on any atom is 0.397 e. The molecule has 9 unspecified atom stereocenters. The van der Waals surface area contributed by atoms with E-state index in [1.807, 2.05) is 6.92 Å². The molecule has 42 heavy (non-hydrogen) atoms. The SMILES string of the molecule is CC(C)CCCC(COS(=O)(=O)O)C1CCC2C3CC=C4CC(OS(=O)(=O)O)C(OS(=O)(=O)O)CC4(C)C3CCC12C. The minimum absolute atomic E-state index is 0.0249. The van der Waals surface area contributed by atoms with E-state index in [1.54, 1.807) is 0 Å². The Bertz CT molecular complexity index is 1340. The molecule has 3 fully saturated rings. The molecule has 3 saturated carbocycles. The number of allylic oxidation sites excluding steroid dienone is 1. The number of hydrogen-bond acceptors (Lipinski definition) is 9. The van der Waals surface area contributed by atoms with Gasteiger partial charge in [-0.05, 0) is 97.7 Å². The van der Waals surface area contributed by atoms with Crippen LogP contribution in [-0.2, 0) is 43.7 Å². The quantitative estimate of drug-likeness (QED) is 0.192. The highest BCUT2D eigenvalue weighted by molar-refractivity contribution is 7.81. The average Bonchev–Trinajstić information content (AvgIpc) is 3.16. The Hall–Kier alpha value is -0.650. The molecular weight excluding hydrogens is 612 g/mol. The van der Waals surface area contributed by atoms with E-state index in [2.05, 4.69) is 26.8 Å². The molecule has 0 spiro atoms. The number of fused-ring (bicyclic) bond motifs is 5. The molecule has 0 radical (unpaired) electrons. The van der Waals surface area contributed by atoms with Crippen LogP contribution in [0.25, 0.3) is 0 Å². The molecule has 9 atom stereocenters. The summed E-state index contributed by atoms with van der Waals surface area (Å²) in [5, 5.41) is 0. The van der Waals surface area contributed by atoms with Gasteiger partial charge in [-0.2, -0.15) is 25.3 Å². The van der Waals surface area contributed by atoms with Crippen molar-refractivity contribution in [3.63, 3.8) is 0 Å². The second-order valence-electron chi connectivity index (χ2n) is 13.8. The topological polar surface area (TPSA) is 191 Å². The van der Waals surface area contributed by atoms with E-state index in [-0.39, 0.29) is 48.5 Å². The Kier molecular flexibility index (Phi) is 10.0. The monoisotopic (exact) mass is 658 g/mol. The largest absolute Gasteiger partial charge is 0.397 e. The summed E-state index contributed by atoms with van der Waals surface area (Å²) in [7, 11) is -14.4. The summed E-state index contributed by atoms with van der Waals surface area (Å²) in [6.07, 6.45) is 6.67. The van der Waals surface area contributed by atoms with Gasteiger partial charge >= 0.3 is 31.2 Å². The maximum absolute atomic E-state index is 11.7. The van der Waals surface area contributed by atoms with Gasteiger partial charge in [0.25, 0.3) is 0 Å². The van der Waals surface area contributed by atoms with Crippen molar-refractivity contribution in [1.29, 1.82) is 0 Å². The van der Waals surface area contributed by atoms with Crippen molar-refractivity contribution in [2.24, 2.45) is 46.3 Å². The van der Waals surface area contributed by atoms with E-state index in [1.165, 1.54) is 0 Å². The molecule has 0 bridgehead atoms. The molecule has 0 aromatic rings. The molecule has 0 aromatic carbocycles. The minimum atomic E-state index is -4.92. The van der Waals surface area contributed by atoms with E-state index < -0.39 is 48.8 Å². The van der Waals surface area contributed by atoms with Crippen molar-refractivity contribution in [2.75, 3.05) is 6.61 Å². The summed E-state index contributed by atoms with van der Waals surface area (Å²) in [5.74, 6) is 1.43. The lowest BCUT2D eigenvalue weighted by Crippen LogP contribution is -2.54. The summed E-state index contributed by atoms with van der Waals surface area (Å²) < 4.78 is 112. The third-order valence-corrected chi connectivity index (χ3v) is 12.4. The Balaban J connectivity index is 1.59. The number of rotatable bonds is 12. The van der Waals surface area contributed by atoms with Crippen molar-refractivity contribution in [3.8, 4) is 0 Å². The van der Waals surface area contributed by atoms with Crippen molar-refractivity contribution in [1.82, 2.24) is 0 Å². The van der Waals surface area contributed by atoms with Crippen LogP contribution in [0.2, 0.25) is 0 Å². The van der Waals surface area contributed by atoms with Crippen LogP contribution < -0.4 is 0 Å². The van der Waals surface area contributed by atoms with Crippen molar-refractivity contribution < 1.29 is 51.5 Å². The standard InChI is InChI=1S/C27H46O12S3/c1-17(2)6-5-7-18(16-37-40(28,29)30)21-10-11-22-20-9-8-19-14-24(38-41(31,32)33)25(39-42(34,35)36)15-27(19,4)23(20)12-13-26(21,22)3/h8,17-18,20-25H,5-7,9-16H2,1-4H3,(H,28,29,30)(H,31,32,33)(H,34,35,36). The summed E-state index contributed by atoms with van der Waals surface area (Å²) in [6, 6.07) is 0. The van der Waals surface area contributed by atoms with Crippen molar-refractivity contribution >= 4 is 31.2 Å². The summed E-state index contributed by atoms with van der Waals surface area (Å²) in [6.45, 7) is 8.57. The predicted molar refractivity (Wildman–Crippen MR) is 153 cm³/mol. The molecule has 0 saturated heterocycles. The van der Waals surface area contributed by atoms with Crippen LogP contribution in [0.1, 0.15) is 91.9 Å². The van der Waals surface area contributed by atoms with Crippen LogP contribution in [0.15, 0.2) is 11.6 Å². The molecule has 4 aliphatic rings. The molecule has 0 aromatic heterocycles. The fraction of sp³-hybridized carbons (Fsp3) is 0.926. The van der Waals surface area contributed by atoms with Gasteiger partial charge in [0.1, 0.15) is 12.2 Å². The van der Waals surface area contributed by atoms with Crippen LogP contribution in [-0.4, -0.2) is 57.7 Å². The normalized spacial score (nSPS) is 38.0. The lowest BCUT2D eigenvalue weighted by Gasteiger charge is -2.59. The average molecular weight is 659 g/mol. The fourth-order valence-corrected chi connectivity index (χ4v) is 10.7. The van der Waals surface area contributed by atoms with E-state index in [0.717, 1.165) is 56.9 Å². The first kappa shape index (κ1) is 34.2. The zero-order chi connectivity index (χ0) is 31.3. The van der Waals surface area contributed by atoms with Crippen LogP contribution in [0.3, 0.4) is 0 Å². The van der Waals surface area contributed by atoms with E-state index in [0.29, 0.717) is 11.8 Å². The van der Waals surface area contributed by atoms with Crippen LogP contribution in [0, 0.1) is 46.3 Å². The highest BCUT2D eigenvalue weighted by Gasteiger charge is 2.61.